The van der Waals surface area contributed by atoms with Gasteiger partial charge in [0.2, 0.25) is 0 Å². The normalized spacial score (nSPS) is 14.0. The number of hydrogen-bond donors (Lipinski definition) is 1. The molecule has 0 bridgehead atoms. The summed E-state index contributed by atoms with van der Waals surface area (Å²) in [5.74, 6) is 1.76. The van der Waals surface area contributed by atoms with Gasteiger partial charge in [-0.25, -0.2) is 0 Å². The maximum absolute atomic E-state index is 12.5. The van der Waals surface area contributed by atoms with Crippen LogP contribution in [0.4, 0.5) is 0 Å². The van der Waals surface area contributed by atoms with Crippen LogP contribution in [0.1, 0.15) is 56.2 Å². The Morgan fingerprint density at radius 3 is 2.72 bits per heavy atom. The molecular weight excluding hydrogens is 362 g/mol. The molecule has 156 valence electrons. The number of aryl methyl sites for hydroxylation is 2. The predicted octanol–water partition coefficient (Wildman–Crippen LogP) is 4.87. The summed E-state index contributed by atoms with van der Waals surface area (Å²) in [5.41, 5.74) is 3.84. The van der Waals surface area contributed by atoms with Crippen molar-refractivity contribution in [3.63, 3.8) is 0 Å². The Morgan fingerprint density at radius 2 is 1.86 bits per heavy atom. The van der Waals surface area contributed by atoms with E-state index in [9.17, 15) is 4.79 Å². The van der Waals surface area contributed by atoms with Crippen LogP contribution >= 0.6 is 0 Å². The fraction of sp³-hybridized carbons (Fsp3) is 0.480. The maximum Gasteiger partial charge on any atom is 0.260 e. The van der Waals surface area contributed by atoms with Crippen LogP contribution in [0.3, 0.4) is 0 Å². The Labute approximate surface area is 174 Å². The second-order valence-electron chi connectivity index (χ2n) is 7.71. The van der Waals surface area contributed by atoms with E-state index >= 15 is 0 Å². The lowest BCUT2D eigenvalue weighted by Gasteiger charge is -2.22. The van der Waals surface area contributed by atoms with Crippen molar-refractivity contribution in [2.45, 2.75) is 64.9 Å². The molecule has 1 unspecified atom stereocenters. The molecule has 0 saturated carbocycles. The standard InChI is InChI=1S/C25H33NO3/c1-3-18-28-23-15-7-5-11-21(23)13-9-17-26-25(27)19(2)29-24-16-8-12-20-10-4-6-14-22(20)24/h5,7-8,11-12,15-16,19H,3-4,6,9-10,13-14,17-18H2,1-2H3,(H,26,27). The van der Waals surface area contributed by atoms with E-state index in [-0.39, 0.29) is 5.91 Å². The zero-order valence-electron chi connectivity index (χ0n) is 17.7. The van der Waals surface area contributed by atoms with E-state index in [2.05, 4.69) is 24.4 Å². The Hall–Kier alpha value is -2.49. The quantitative estimate of drug-likeness (QED) is 0.584. The highest BCUT2D eigenvalue weighted by atomic mass is 16.5. The molecule has 0 fully saturated rings. The molecule has 0 aliphatic heterocycles. The van der Waals surface area contributed by atoms with Gasteiger partial charge in [0.1, 0.15) is 11.5 Å². The van der Waals surface area contributed by atoms with E-state index in [4.69, 9.17) is 9.47 Å². The largest absolute Gasteiger partial charge is 0.493 e. The van der Waals surface area contributed by atoms with Gasteiger partial charge in [0.05, 0.1) is 6.61 Å². The lowest BCUT2D eigenvalue weighted by atomic mass is 9.91. The summed E-state index contributed by atoms with van der Waals surface area (Å²) in [6, 6.07) is 14.3. The van der Waals surface area contributed by atoms with Crippen molar-refractivity contribution in [3.8, 4) is 11.5 Å². The topological polar surface area (TPSA) is 47.6 Å². The Morgan fingerprint density at radius 1 is 1.07 bits per heavy atom. The molecule has 29 heavy (non-hydrogen) atoms. The minimum Gasteiger partial charge on any atom is -0.493 e. The van der Waals surface area contributed by atoms with E-state index in [1.165, 1.54) is 29.5 Å². The molecular formula is C25H33NO3. The van der Waals surface area contributed by atoms with Crippen LogP contribution in [0.5, 0.6) is 11.5 Å². The molecule has 3 rings (SSSR count). The van der Waals surface area contributed by atoms with Gasteiger partial charge in [-0.3, -0.25) is 4.79 Å². The number of nitrogens with one attached hydrogen (secondary N) is 1. The van der Waals surface area contributed by atoms with Crippen LogP contribution in [-0.2, 0) is 24.1 Å². The summed E-state index contributed by atoms with van der Waals surface area (Å²) < 4.78 is 11.8. The van der Waals surface area contributed by atoms with E-state index in [0.717, 1.165) is 50.2 Å². The first-order valence-electron chi connectivity index (χ1n) is 10.9. The number of ether oxygens (including phenoxy) is 2. The molecule has 0 saturated heterocycles. The number of benzene rings is 2. The number of amides is 1. The predicted molar refractivity (Wildman–Crippen MR) is 117 cm³/mol. The minimum atomic E-state index is -0.497. The van der Waals surface area contributed by atoms with Gasteiger partial charge < -0.3 is 14.8 Å². The van der Waals surface area contributed by atoms with Gasteiger partial charge in [-0.1, -0.05) is 37.3 Å². The van der Waals surface area contributed by atoms with Gasteiger partial charge in [-0.15, -0.1) is 0 Å². The summed E-state index contributed by atoms with van der Waals surface area (Å²) >= 11 is 0. The fourth-order valence-electron chi connectivity index (χ4n) is 3.80. The molecule has 1 aliphatic rings. The van der Waals surface area contributed by atoms with Crippen LogP contribution < -0.4 is 14.8 Å². The highest BCUT2D eigenvalue weighted by molar-refractivity contribution is 5.80. The highest BCUT2D eigenvalue weighted by Crippen LogP contribution is 2.30. The van der Waals surface area contributed by atoms with Gasteiger partial charge in [-0.05, 0) is 80.7 Å². The van der Waals surface area contributed by atoms with E-state index in [1.54, 1.807) is 0 Å². The Bertz CT molecular complexity index is 802. The highest BCUT2D eigenvalue weighted by Gasteiger charge is 2.19. The number of fused-ring (bicyclic) bond motifs is 1. The van der Waals surface area contributed by atoms with Crippen molar-refractivity contribution in [1.29, 1.82) is 0 Å². The van der Waals surface area contributed by atoms with Crippen molar-refractivity contribution >= 4 is 5.91 Å². The fourth-order valence-corrected chi connectivity index (χ4v) is 3.80. The van der Waals surface area contributed by atoms with Gasteiger partial charge in [0.25, 0.3) is 5.91 Å². The molecule has 0 aromatic heterocycles. The zero-order chi connectivity index (χ0) is 20.5. The van der Waals surface area contributed by atoms with Crippen LogP contribution in [0, 0.1) is 0 Å². The van der Waals surface area contributed by atoms with Crippen LogP contribution in [0.2, 0.25) is 0 Å². The first-order valence-corrected chi connectivity index (χ1v) is 10.9. The molecule has 4 nitrogen and oxygen atoms in total. The van der Waals surface area contributed by atoms with Crippen LogP contribution in [-0.4, -0.2) is 25.2 Å². The van der Waals surface area contributed by atoms with Gasteiger partial charge in [-0.2, -0.15) is 0 Å². The number of rotatable bonds is 10. The minimum absolute atomic E-state index is 0.0612. The second kappa shape index (κ2) is 10.9. The van der Waals surface area contributed by atoms with Gasteiger partial charge >= 0.3 is 0 Å². The summed E-state index contributed by atoms with van der Waals surface area (Å²) in [7, 11) is 0. The van der Waals surface area contributed by atoms with E-state index in [0.29, 0.717) is 6.54 Å². The van der Waals surface area contributed by atoms with E-state index in [1.807, 2.05) is 37.3 Å². The maximum atomic E-state index is 12.5. The number of hydrogen-bond acceptors (Lipinski definition) is 3. The molecule has 1 amide bonds. The van der Waals surface area contributed by atoms with Crippen LogP contribution in [0.25, 0.3) is 0 Å². The third-order valence-electron chi connectivity index (χ3n) is 5.38. The number of carbonyl (C=O) groups is 1. The molecule has 0 radical (unpaired) electrons. The van der Waals surface area contributed by atoms with Gasteiger partial charge in [0, 0.05) is 6.54 Å². The second-order valence-corrected chi connectivity index (χ2v) is 7.71. The average molecular weight is 396 g/mol. The van der Waals surface area contributed by atoms with Crippen molar-refractivity contribution in [2.24, 2.45) is 0 Å². The van der Waals surface area contributed by atoms with Crippen molar-refractivity contribution in [2.75, 3.05) is 13.2 Å². The smallest absolute Gasteiger partial charge is 0.260 e. The Balaban J connectivity index is 1.45. The lowest BCUT2D eigenvalue weighted by molar-refractivity contribution is -0.127. The summed E-state index contributed by atoms with van der Waals surface area (Å²) in [6.45, 7) is 5.28. The van der Waals surface area contributed by atoms with Crippen molar-refractivity contribution in [1.82, 2.24) is 5.32 Å². The zero-order valence-corrected chi connectivity index (χ0v) is 17.7. The molecule has 4 heteroatoms. The summed E-state index contributed by atoms with van der Waals surface area (Å²) in [6.07, 6.45) is 6.82. The van der Waals surface area contributed by atoms with Crippen molar-refractivity contribution in [3.05, 3.63) is 59.2 Å². The third kappa shape index (κ3) is 5.99. The number of para-hydroxylation sites is 1. The van der Waals surface area contributed by atoms with Gasteiger partial charge in [0.15, 0.2) is 6.10 Å². The van der Waals surface area contributed by atoms with E-state index < -0.39 is 6.10 Å². The average Bonchev–Trinajstić information content (AvgIpc) is 2.76. The summed E-state index contributed by atoms with van der Waals surface area (Å²) in [4.78, 5) is 12.5. The van der Waals surface area contributed by atoms with Crippen molar-refractivity contribution < 1.29 is 14.3 Å². The molecule has 0 spiro atoms. The molecule has 0 heterocycles. The molecule has 2 aromatic carbocycles. The summed E-state index contributed by atoms with van der Waals surface area (Å²) in [5, 5.41) is 3.01. The molecule has 1 atom stereocenters. The third-order valence-corrected chi connectivity index (χ3v) is 5.38. The molecule has 1 N–H and O–H groups in total. The first kappa shape index (κ1) is 21.2. The first-order chi connectivity index (χ1) is 14.2. The molecule has 2 aromatic rings. The number of carbonyl (C=O) groups excluding carboxylic acids is 1. The SMILES string of the molecule is CCCOc1ccccc1CCCNC(=O)C(C)Oc1cccc2c1CCCC2. The van der Waals surface area contributed by atoms with Crippen LogP contribution in [0.15, 0.2) is 42.5 Å². The Kier molecular flexibility index (Phi) is 7.97. The lowest BCUT2D eigenvalue weighted by Crippen LogP contribution is -2.37. The monoisotopic (exact) mass is 395 g/mol. The molecule has 1 aliphatic carbocycles.